The van der Waals surface area contributed by atoms with E-state index in [1.54, 1.807) is 0 Å². The molecule has 0 fully saturated rings. The molecule has 1 aromatic rings. The smallest absolute Gasteiger partial charge is 0.249 e. The lowest BCUT2D eigenvalue weighted by molar-refractivity contribution is -0.114. The highest BCUT2D eigenvalue weighted by Gasteiger charge is 2.07. The SMILES string of the molecule is CC(C)c1ccc(NC(=O)CN=O)c(Br)c1. The number of amides is 1. The molecule has 1 N–H and O–H groups in total. The summed E-state index contributed by atoms with van der Waals surface area (Å²) in [5, 5.41) is 5.13. The van der Waals surface area contributed by atoms with Crippen molar-refractivity contribution >= 4 is 27.5 Å². The van der Waals surface area contributed by atoms with E-state index < -0.39 is 5.91 Å². The summed E-state index contributed by atoms with van der Waals surface area (Å²) < 4.78 is 0.804. The van der Waals surface area contributed by atoms with Crippen LogP contribution in [0.1, 0.15) is 25.3 Å². The van der Waals surface area contributed by atoms with Crippen LogP contribution in [0.5, 0.6) is 0 Å². The number of rotatable bonds is 4. The van der Waals surface area contributed by atoms with Crippen LogP contribution in [-0.2, 0) is 4.79 Å². The summed E-state index contributed by atoms with van der Waals surface area (Å²) in [7, 11) is 0. The van der Waals surface area contributed by atoms with Crippen LogP contribution in [0.15, 0.2) is 27.8 Å². The maximum atomic E-state index is 11.2. The molecule has 5 heteroatoms. The molecule has 0 atom stereocenters. The number of hydrogen-bond acceptors (Lipinski definition) is 3. The zero-order valence-electron chi connectivity index (χ0n) is 9.16. The van der Waals surface area contributed by atoms with E-state index in [1.807, 2.05) is 18.2 Å². The fourth-order valence-corrected chi connectivity index (χ4v) is 1.74. The molecular weight excluding hydrogens is 272 g/mol. The Balaban J connectivity index is 2.83. The molecule has 4 nitrogen and oxygen atoms in total. The molecule has 1 rings (SSSR count). The van der Waals surface area contributed by atoms with E-state index in [4.69, 9.17) is 0 Å². The lowest BCUT2D eigenvalue weighted by Crippen LogP contribution is -2.14. The molecule has 1 aromatic carbocycles. The molecule has 0 aliphatic rings. The van der Waals surface area contributed by atoms with Crippen LogP contribution in [0.25, 0.3) is 0 Å². The molecule has 0 radical (unpaired) electrons. The maximum absolute atomic E-state index is 11.2. The average molecular weight is 285 g/mol. The van der Waals surface area contributed by atoms with E-state index in [2.05, 4.69) is 40.3 Å². The number of carbonyl (C=O) groups is 1. The quantitative estimate of drug-likeness (QED) is 0.863. The summed E-state index contributed by atoms with van der Waals surface area (Å²) in [6.45, 7) is 3.82. The summed E-state index contributed by atoms with van der Waals surface area (Å²) in [4.78, 5) is 21.1. The second-order valence-electron chi connectivity index (χ2n) is 3.73. The Labute approximate surface area is 103 Å². The predicted molar refractivity (Wildman–Crippen MR) is 67.5 cm³/mol. The molecule has 0 saturated heterocycles. The Hall–Kier alpha value is -1.23. The topological polar surface area (TPSA) is 58.5 Å². The Morgan fingerprint density at radius 3 is 2.69 bits per heavy atom. The van der Waals surface area contributed by atoms with Crippen LogP contribution < -0.4 is 5.32 Å². The van der Waals surface area contributed by atoms with Crippen molar-refractivity contribution in [1.82, 2.24) is 0 Å². The summed E-state index contributed by atoms with van der Waals surface area (Å²) in [6, 6.07) is 5.70. The van der Waals surface area contributed by atoms with E-state index in [-0.39, 0.29) is 6.54 Å². The van der Waals surface area contributed by atoms with Gasteiger partial charge in [0.2, 0.25) is 5.91 Å². The second kappa shape index (κ2) is 5.75. The highest BCUT2D eigenvalue weighted by atomic mass is 79.9. The van der Waals surface area contributed by atoms with E-state index in [0.29, 0.717) is 11.6 Å². The van der Waals surface area contributed by atoms with Gasteiger partial charge in [0.25, 0.3) is 0 Å². The van der Waals surface area contributed by atoms with Crippen molar-refractivity contribution in [3.05, 3.63) is 33.1 Å². The number of nitrogens with zero attached hydrogens (tertiary/aromatic N) is 1. The van der Waals surface area contributed by atoms with Gasteiger partial charge in [-0.1, -0.05) is 25.1 Å². The van der Waals surface area contributed by atoms with Crippen molar-refractivity contribution < 1.29 is 4.79 Å². The first-order valence-corrected chi connectivity index (χ1v) is 5.72. The van der Waals surface area contributed by atoms with Crippen LogP contribution >= 0.6 is 15.9 Å². The van der Waals surface area contributed by atoms with Gasteiger partial charge >= 0.3 is 0 Å². The summed E-state index contributed by atoms with van der Waals surface area (Å²) in [5.74, 6) is 0.0192. The van der Waals surface area contributed by atoms with Gasteiger partial charge in [0, 0.05) is 4.47 Å². The monoisotopic (exact) mass is 284 g/mol. The second-order valence-corrected chi connectivity index (χ2v) is 4.58. The van der Waals surface area contributed by atoms with E-state index >= 15 is 0 Å². The molecule has 1 amide bonds. The minimum absolute atomic E-state index is 0.363. The first-order valence-electron chi connectivity index (χ1n) is 4.93. The van der Waals surface area contributed by atoms with Crippen molar-refractivity contribution in [2.24, 2.45) is 5.18 Å². The molecule has 0 spiro atoms. The van der Waals surface area contributed by atoms with Crippen LogP contribution in [0, 0.1) is 4.91 Å². The minimum atomic E-state index is -0.409. The van der Waals surface area contributed by atoms with Crippen LogP contribution in [0.4, 0.5) is 5.69 Å². The van der Waals surface area contributed by atoms with Gasteiger partial charge in [0.05, 0.1) is 5.69 Å². The van der Waals surface area contributed by atoms with Gasteiger partial charge in [-0.2, -0.15) is 4.91 Å². The van der Waals surface area contributed by atoms with Crippen molar-refractivity contribution in [3.63, 3.8) is 0 Å². The van der Waals surface area contributed by atoms with Gasteiger partial charge in [-0.15, -0.1) is 0 Å². The Kier molecular flexibility index (Phi) is 4.61. The zero-order chi connectivity index (χ0) is 12.1. The van der Waals surface area contributed by atoms with Crippen molar-refractivity contribution in [3.8, 4) is 0 Å². The zero-order valence-corrected chi connectivity index (χ0v) is 10.7. The molecule has 0 saturated carbocycles. The van der Waals surface area contributed by atoms with Gasteiger partial charge < -0.3 is 5.32 Å². The molecule has 0 aromatic heterocycles. The third-order valence-corrected chi connectivity index (χ3v) is 2.80. The van der Waals surface area contributed by atoms with Gasteiger partial charge in [-0.3, -0.25) is 4.79 Å². The van der Waals surface area contributed by atoms with Gasteiger partial charge in [-0.25, -0.2) is 0 Å². The van der Waals surface area contributed by atoms with Gasteiger partial charge in [-0.05, 0) is 39.5 Å². The van der Waals surface area contributed by atoms with Crippen LogP contribution in [0.3, 0.4) is 0 Å². The molecular formula is C11H13BrN2O2. The molecule has 0 bridgehead atoms. The number of nitroso groups, excluding NO2 is 1. The lowest BCUT2D eigenvalue weighted by atomic mass is 10.0. The number of nitrogens with one attached hydrogen (secondary N) is 1. The van der Waals surface area contributed by atoms with Crippen LogP contribution in [0.2, 0.25) is 0 Å². The Bertz CT molecular complexity index is 405. The average Bonchev–Trinajstić information content (AvgIpc) is 2.21. The van der Waals surface area contributed by atoms with E-state index in [1.165, 1.54) is 5.56 Å². The summed E-state index contributed by atoms with van der Waals surface area (Å²) in [6.07, 6.45) is 0. The predicted octanol–water partition coefficient (Wildman–Crippen LogP) is 3.28. The molecule has 0 unspecified atom stereocenters. The van der Waals surface area contributed by atoms with Gasteiger partial charge in [0.15, 0.2) is 6.54 Å². The Morgan fingerprint density at radius 2 is 2.19 bits per heavy atom. The Morgan fingerprint density at radius 1 is 1.50 bits per heavy atom. The van der Waals surface area contributed by atoms with Crippen molar-refractivity contribution in [1.29, 1.82) is 0 Å². The lowest BCUT2D eigenvalue weighted by Gasteiger charge is -2.10. The van der Waals surface area contributed by atoms with Crippen molar-refractivity contribution in [2.75, 3.05) is 11.9 Å². The molecule has 0 aliphatic heterocycles. The van der Waals surface area contributed by atoms with Crippen LogP contribution in [-0.4, -0.2) is 12.5 Å². The highest BCUT2D eigenvalue weighted by molar-refractivity contribution is 9.10. The number of anilines is 1. The number of halogens is 1. The number of benzene rings is 1. The molecule has 16 heavy (non-hydrogen) atoms. The first kappa shape index (κ1) is 12.8. The fourth-order valence-electron chi connectivity index (χ4n) is 1.24. The third kappa shape index (κ3) is 3.41. The molecule has 86 valence electrons. The number of carbonyl (C=O) groups excluding carboxylic acids is 1. The fraction of sp³-hybridized carbons (Fsp3) is 0.364. The van der Waals surface area contributed by atoms with E-state index in [0.717, 1.165) is 4.47 Å². The molecule has 0 heterocycles. The highest BCUT2D eigenvalue weighted by Crippen LogP contribution is 2.26. The first-order chi connectivity index (χ1) is 7.54. The normalized spacial score (nSPS) is 10.2. The number of hydrogen-bond donors (Lipinski definition) is 1. The summed E-state index contributed by atoms with van der Waals surface area (Å²) >= 11 is 3.37. The standard InChI is InChI=1S/C11H13BrN2O2/c1-7(2)8-3-4-10(9(12)5-8)14-11(15)6-13-16/h3-5,7H,6H2,1-2H3,(H,14,15). The third-order valence-electron chi connectivity index (χ3n) is 2.14. The molecule has 0 aliphatic carbocycles. The van der Waals surface area contributed by atoms with E-state index in [9.17, 15) is 9.70 Å². The van der Waals surface area contributed by atoms with Gasteiger partial charge in [0.1, 0.15) is 0 Å². The summed E-state index contributed by atoms with van der Waals surface area (Å²) in [5.41, 5.74) is 1.83. The van der Waals surface area contributed by atoms with Crippen molar-refractivity contribution in [2.45, 2.75) is 19.8 Å². The maximum Gasteiger partial charge on any atom is 0.249 e. The largest absolute Gasteiger partial charge is 0.323 e. The minimum Gasteiger partial charge on any atom is -0.323 e.